The van der Waals surface area contributed by atoms with Gasteiger partial charge in [0, 0.05) is 22.4 Å². The molecule has 0 unspecified atom stereocenters. The maximum atomic E-state index is 11.5. The summed E-state index contributed by atoms with van der Waals surface area (Å²) in [6, 6.07) is 8.59. The maximum Gasteiger partial charge on any atom is 0.267 e. The second kappa shape index (κ2) is 4.49. The summed E-state index contributed by atoms with van der Waals surface area (Å²) < 4.78 is 2.28. The maximum absolute atomic E-state index is 11.5. The lowest BCUT2D eigenvalue weighted by molar-refractivity contribution is 0.637. The van der Waals surface area contributed by atoms with E-state index in [4.69, 9.17) is 5.73 Å². The fraction of sp³-hybridized carbons (Fsp3) is 0.0909. The van der Waals surface area contributed by atoms with E-state index in [-0.39, 0.29) is 5.56 Å². The summed E-state index contributed by atoms with van der Waals surface area (Å²) in [7, 11) is 0. The van der Waals surface area contributed by atoms with E-state index in [9.17, 15) is 4.79 Å². The SMILES string of the molecule is Nc1ccc(Cn2ncccc2=O)c(Br)c1. The lowest BCUT2D eigenvalue weighted by atomic mass is 10.2. The highest BCUT2D eigenvalue weighted by Crippen LogP contribution is 2.20. The van der Waals surface area contributed by atoms with Crippen molar-refractivity contribution in [2.75, 3.05) is 5.73 Å². The van der Waals surface area contributed by atoms with E-state index in [0.717, 1.165) is 10.0 Å². The monoisotopic (exact) mass is 279 g/mol. The number of halogens is 1. The number of aromatic nitrogens is 2. The molecule has 2 rings (SSSR count). The minimum Gasteiger partial charge on any atom is -0.399 e. The normalized spacial score (nSPS) is 10.3. The quantitative estimate of drug-likeness (QED) is 0.851. The molecule has 0 aliphatic carbocycles. The summed E-state index contributed by atoms with van der Waals surface area (Å²) in [4.78, 5) is 11.5. The van der Waals surface area contributed by atoms with Crippen LogP contribution in [0.4, 0.5) is 5.69 Å². The van der Waals surface area contributed by atoms with Gasteiger partial charge in [-0.3, -0.25) is 4.79 Å². The van der Waals surface area contributed by atoms with Gasteiger partial charge < -0.3 is 5.73 Å². The molecule has 0 bridgehead atoms. The van der Waals surface area contributed by atoms with Crippen LogP contribution in [0, 0.1) is 0 Å². The highest BCUT2D eigenvalue weighted by atomic mass is 79.9. The standard InChI is InChI=1S/C11H10BrN3O/c12-10-6-9(13)4-3-8(10)7-15-11(16)2-1-5-14-15/h1-6H,7,13H2. The molecular formula is C11H10BrN3O. The van der Waals surface area contributed by atoms with E-state index in [0.29, 0.717) is 12.2 Å². The van der Waals surface area contributed by atoms with Gasteiger partial charge in [-0.05, 0) is 23.8 Å². The summed E-state index contributed by atoms with van der Waals surface area (Å²) in [5, 5.41) is 3.99. The van der Waals surface area contributed by atoms with E-state index in [1.54, 1.807) is 18.3 Å². The zero-order valence-electron chi connectivity index (χ0n) is 8.43. The number of hydrogen-bond donors (Lipinski definition) is 1. The Labute approximate surface area is 101 Å². The Morgan fingerprint density at radius 3 is 2.88 bits per heavy atom. The van der Waals surface area contributed by atoms with Crippen molar-refractivity contribution < 1.29 is 0 Å². The van der Waals surface area contributed by atoms with Crippen LogP contribution in [0.2, 0.25) is 0 Å². The fourth-order valence-electron chi connectivity index (χ4n) is 1.36. The van der Waals surface area contributed by atoms with Gasteiger partial charge in [-0.25, -0.2) is 4.68 Å². The Bertz CT molecular complexity index is 565. The first-order valence-electron chi connectivity index (χ1n) is 4.73. The number of hydrogen-bond acceptors (Lipinski definition) is 3. The molecule has 2 N–H and O–H groups in total. The number of nitrogens with two attached hydrogens (primary N) is 1. The first kappa shape index (κ1) is 10.9. The Kier molecular flexibility index (Phi) is 3.05. The molecule has 0 atom stereocenters. The molecule has 0 saturated heterocycles. The molecule has 4 nitrogen and oxygen atoms in total. The molecular weight excluding hydrogens is 270 g/mol. The number of nitrogen functional groups attached to an aromatic ring is 1. The van der Waals surface area contributed by atoms with Crippen molar-refractivity contribution in [3.05, 3.63) is 56.9 Å². The van der Waals surface area contributed by atoms with Crippen LogP contribution < -0.4 is 11.3 Å². The minimum atomic E-state index is -0.119. The summed E-state index contributed by atoms with van der Waals surface area (Å²) in [5.41, 5.74) is 7.17. The zero-order chi connectivity index (χ0) is 11.5. The summed E-state index contributed by atoms with van der Waals surface area (Å²) in [6.45, 7) is 0.431. The topological polar surface area (TPSA) is 60.9 Å². The fourth-order valence-corrected chi connectivity index (χ4v) is 1.88. The molecule has 1 heterocycles. The van der Waals surface area contributed by atoms with E-state index in [2.05, 4.69) is 21.0 Å². The van der Waals surface area contributed by atoms with E-state index in [1.807, 2.05) is 12.1 Å². The van der Waals surface area contributed by atoms with Crippen molar-refractivity contribution in [2.24, 2.45) is 0 Å². The smallest absolute Gasteiger partial charge is 0.267 e. The number of anilines is 1. The van der Waals surface area contributed by atoms with Crippen molar-refractivity contribution >= 4 is 21.6 Å². The second-order valence-corrected chi connectivity index (χ2v) is 4.22. The van der Waals surface area contributed by atoms with Crippen molar-refractivity contribution in [3.8, 4) is 0 Å². The van der Waals surface area contributed by atoms with Crippen LogP contribution in [0.3, 0.4) is 0 Å². The molecule has 0 aliphatic heterocycles. The molecule has 0 radical (unpaired) electrons. The van der Waals surface area contributed by atoms with Crippen molar-refractivity contribution in [1.29, 1.82) is 0 Å². The molecule has 0 spiro atoms. The highest BCUT2D eigenvalue weighted by Gasteiger charge is 2.03. The lowest BCUT2D eigenvalue weighted by Gasteiger charge is -2.06. The zero-order valence-corrected chi connectivity index (χ0v) is 10.0. The van der Waals surface area contributed by atoms with Crippen LogP contribution in [0.25, 0.3) is 0 Å². The van der Waals surface area contributed by atoms with E-state index in [1.165, 1.54) is 10.7 Å². The highest BCUT2D eigenvalue weighted by molar-refractivity contribution is 9.10. The second-order valence-electron chi connectivity index (χ2n) is 3.37. The van der Waals surface area contributed by atoms with E-state index >= 15 is 0 Å². The Morgan fingerprint density at radius 1 is 1.38 bits per heavy atom. The summed E-state index contributed by atoms with van der Waals surface area (Å²) >= 11 is 3.41. The predicted octanol–water partition coefficient (Wildman–Crippen LogP) is 1.64. The molecule has 16 heavy (non-hydrogen) atoms. The molecule has 0 aliphatic rings. The van der Waals surface area contributed by atoms with Crippen LogP contribution in [0.1, 0.15) is 5.56 Å². The Balaban J connectivity index is 2.35. The number of nitrogens with zero attached hydrogens (tertiary/aromatic N) is 2. The minimum absolute atomic E-state index is 0.119. The third-order valence-electron chi connectivity index (χ3n) is 2.18. The lowest BCUT2D eigenvalue weighted by Crippen LogP contribution is -2.21. The molecule has 82 valence electrons. The van der Waals surface area contributed by atoms with Crippen molar-refractivity contribution in [1.82, 2.24) is 9.78 Å². The molecule has 0 fully saturated rings. The average molecular weight is 280 g/mol. The van der Waals surface area contributed by atoms with Gasteiger partial charge in [0.05, 0.1) is 6.54 Å². The molecule has 1 aromatic heterocycles. The van der Waals surface area contributed by atoms with Gasteiger partial charge in [0.1, 0.15) is 0 Å². The Morgan fingerprint density at radius 2 is 2.19 bits per heavy atom. The predicted molar refractivity (Wildman–Crippen MR) is 66.2 cm³/mol. The summed E-state index contributed by atoms with van der Waals surface area (Å²) in [5.74, 6) is 0. The number of rotatable bonds is 2. The molecule has 2 aromatic rings. The van der Waals surface area contributed by atoms with Crippen molar-refractivity contribution in [2.45, 2.75) is 6.54 Å². The van der Waals surface area contributed by atoms with Gasteiger partial charge in [0.25, 0.3) is 5.56 Å². The molecule has 5 heteroatoms. The average Bonchev–Trinajstić information content (AvgIpc) is 2.25. The van der Waals surface area contributed by atoms with Crippen LogP contribution >= 0.6 is 15.9 Å². The van der Waals surface area contributed by atoms with Gasteiger partial charge in [0.2, 0.25) is 0 Å². The van der Waals surface area contributed by atoms with Gasteiger partial charge in [-0.1, -0.05) is 22.0 Å². The summed E-state index contributed by atoms with van der Waals surface area (Å²) in [6.07, 6.45) is 1.59. The van der Waals surface area contributed by atoms with Crippen LogP contribution in [0.15, 0.2) is 45.8 Å². The van der Waals surface area contributed by atoms with Crippen molar-refractivity contribution in [3.63, 3.8) is 0 Å². The van der Waals surface area contributed by atoms with Gasteiger partial charge >= 0.3 is 0 Å². The van der Waals surface area contributed by atoms with Crippen LogP contribution in [-0.2, 0) is 6.54 Å². The van der Waals surface area contributed by atoms with Gasteiger partial charge in [0.15, 0.2) is 0 Å². The number of benzene rings is 1. The molecule has 1 aromatic carbocycles. The van der Waals surface area contributed by atoms with Crippen LogP contribution in [-0.4, -0.2) is 9.78 Å². The van der Waals surface area contributed by atoms with Gasteiger partial charge in [-0.2, -0.15) is 5.10 Å². The molecule has 0 saturated carbocycles. The van der Waals surface area contributed by atoms with Crippen LogP contribution in [0.5, 0.6) is 0 Å². The first-order valence-corrected chi connectivity index (χ1v) is 5.52. The largest absolute Gasteiger partial charge is 0.399 e. The molecule has 0 amide bonds. The first-order chi connectivity index (χ1) is 7.66. The van der Waals surface area contributed by atoms with E-state index < -0.39 is 0 Å². The third-order valence-corrected chi connectivity index (χ3v) is 2.92. The van der Waals surface area contributed by atoms with Gasteiger partial charge in [-0.15, -0.1) is 0 Å². The third kappa shape index (κ3) is 2.30. The Hall–Kier alpha value is -1.62.